The van der Waals surface area contributed by atoms with Crippen LogP contribution in [0.3, 0.4) is 0 Å². The molecule has 0 bridgehead atoms. The van der Waals surface area contributed by atoms with Crippen LogP contribution in [0.4, 0.5) is 0 Å². The summed E-state index contributed by atoms with van der Waals surface area (Å²) in [4.78, 5) is 5.63. The van der Waals surface area contributed by atoms with E-state index in [4.69, 9.17) is 0 Å². The lowest BCUT2D eigenvalue weighted by Gasteiger charge is -2.03. The molecule has 2 aromatic carbocycles. The minimum Gasteiger partial charge on any atom is -0.141 e. The first-order chi connectivity index (χ1) is 16.6. The zero-order chi connectivity index (χ0) is 22.6. The lowest BCUT2D eigenvalue weighted by molar-refractivity contribution is 1.34. The summed E-state index contributed by atoms with van der Waals surface area (Å²) in [6.45, 7) is 4.40. The molecule has 1 aliphatic rings. The van der Waals surface area contributed by atoms with Gasteiger partial charge >= 0.3 is 0 Å². The quantitative estimate of drug-likeness (QED) is 0.210. The molecule has 5 heterocycles. The van der Waals surface area contributed by atoms with Gasteiger partial charge in [-0.1, -0.05) is 24.3 Å². The van der Waals surface area contributed by atoms with Crippen LogP contribution in [-0.4, -0.2) is 0 Å². The fraction of sp³-hybridized carbons (Fsp3) is 0.103. The maximum absolute atomic E-state index is 2.42. The van der Waals surface area contributed by atoms with Crippen LogP contribution in [0.15, 0.2) is 54.6 Å². The van der Waals surface area contributed by atoms with Gasteiger partial charge < -0.3 is 0 Å². The molecule has 7 aromatic rings. The van der Waals surface area contributed by atoms with Crippen molar-refractivity contribution in [2.45, 2.75) is 20.3 Å². The monoisotopic (exact) mass is 526 g/mol. The van der Waals surface area contributed by atoms with Crippen LogP contribution < -0.4 is 0 Å². The van der Waals surface area contributed by atoms with E-state index in [-0.39, 0.29) is 0 Å². The van der Waals surface area contributed by atoms with Crippen LogP contribution in [0.1, 0.15) is 25.8 Å². The summed E-state index contributed by atoms with van der Waals surface area (Å²) < 4.78 is 8.51. The Kier molecular flexibility index (Phi) is 4.18. The van der Waals surface area contributed by atoms with Crippen LogP contribution in [0.5, 0.6) is 0 Å². The van der Waals surface area contributed by atoms with E-state index in [1.54, 1.807) is 0 Å². The molecule has 0 saturated carbocycles. The minimum absolute atomic E-state index is 1.07. The topological polar surface area (TPSA) is 0 Å². The molecule has 0 N–H and O–H groups in total. The van der Waals surface area contributed by atoms with Crippen LogP contribution in [0.2, 0.25) is 0 Å². The highest BCUT2D eigenvalue weighted by Gasteiger charge is 2.19. The van der Waals surface area contributed by atoms with Gasteiger partial charge in [0, 0.05) is 49.1 Å². The van der Waals surface area contributed by atoms with Gasteiger partial charge in [-0.05, 0) is 78.9 Å². The van der Waals surface area contributed by atoms with Crippen molar-refractivity contribution in [3.05, 3.63) is 80.4 Å². The molecule has 8 rings (SSSR count). The second kappa shape index (κ2) is 7.12. The summed E-state index contributed by atoms with van der Waals surface area (Å²) in [5.41, 5.74) is 5.67. The molecule has 0 atom stereocenters. The predicted octanol–water partition coefficient (Wildman–Crippen LogP) is 11.0. The highest BCUT2D eigenvalue weighted by Crippen LogP contribution is 2.47. The molecular formula is C29H18S5. The van der Waals surface area contributed by atoms with E-state index in [9.17, 15) is 0 Å². The van der Waals surface area contributed by atoms with Gasteiger partial charge in [0.25, 0.3) is 0 Å². The number of hydrogen-bond donors (Lipinski definition) is 0. The second-order valence-electron chi connectivity index (χ2n) is 9.07. The smallest absolute Gasteiger partial charge is 0.0542 e. The number of thiophene rings is 5. The number of benzene rings is 2. The van der Waals surface area contributed by atoms with Gasteiger partial charge in [-0.15, -0.1) is 56.7 Å². The molecule has 0 fully saturated rings. The summed E-state index contributed by atoms with van der Waals surface area (Å²) in [7, 11) is 0. The summed E-state index contributed by atoms with van der Waals surface area (Å²) in [5.74, 6) is 0. The van der Waals surface area contributed by atoms with Crippen molar-refractivity contribution in [1.82, 2.24) is 0 Å². The molecule has 0 amide bonds. The van der Waals surface area contributed by atoms with Gasteiger partial charge in [-0.2, -0.15) is 0 Å². The molecule has 1 aliphatic carbocycles. The number of hydrogen-bond acceptors (Lipinski definition) is 5. The lowest BCUT2D eigenvalue weighted by Crippen LogP contribution is -1.84. The normalized spacial score (nSPS) is 13.6. The highest BCUT2D eigenvalue weighted by molar-refractivity contribution is 7.36. The van der Waals surface area contributed by atoms with E-state index in [0.29, 0.717) is 0 Å². The summed E-state index contributed by atoms with van der Waals surface area (Å²) in [6.07, 6.45) is 3.47. The van der Waals surface area contributed by atoms with Crippen LogP contribution in [-0.2, 0) is 6.42 Å². The number of allylic oxidation sites excluding steroid dienone is 1. The van der Waals surface area contributed by atoms with Crippen molar-refractivity contribution in [1.29, 1.82) is 0 Å². The molecule has 0 nitrogen and oxygen atoms in total. The Balaban J connectivity index is 1.21. The third-order valence-electron chi connectivity index (χ3n) is 6.72. The van der Waals surface area contributed by atoms with E-state index >= 15 is 0 Å². The average molecular weight is 527 g/mol. The first kappa shape index (κ1) is 20.0. The molecule has 0 saturated heterocycles. The van der Waals surface area contributed by atoms with Gasteiger partial charge in [0.2, 0.25) is 0 Å². The van der Waals surface area contributed by atoms with E-state index in [0.717, 1.165) is 6.42 Å². The summed E-state index contributed by atoms with van der Waals surface area (Å²) >= 11 is 9.64. The van der Waals surface area contributed by atoms with Gasteiger partial charge in [0.15, 0.2) is 0 Å². The Morgan fingerprint density at radius 3 is 2.00 bits per heavy atom. The van der Waals surface area contributed by atoms with Gasteiger partial charge in [0.05, 0.1) is 9.40 Å². The lowest BCUT2D eigenvalue weighted by atomic mass is 10.0. The zero-order valence-corrected chi connectivity index (χ0v) is 22.6. The highest BCUT2D eigenvalue weighted by atomic mass is 32.1. The molecule has 0 unspecified atom stereocenters. The summed E-state index contributed by atoms with van der Waals surface area (Å²) in [5, 5.41) is 2.81. The first-order valence-electron chi connectivity index (χ1n) is 11.3. The molecular weight excluding hydrogens is 509 g/mol. The Morgan fingerprint density at radius 1 is 0.588 bits per heavy atom. The third kappa shape index (κ3) is 2.91. The maximum Gasteiger partial charge on any atom is 0.0542 e. The number of fused-ring (bicyclic) bond motifs is 7. The maximum atomic E-state index is 2.42. The second-order valence-corrected chi connectivity index (χ2v) is 14.8. The van der Waals surface area contributed by atoms with Crippen LogP contribution in [0, 0.1) is 13.8 Å². The number of aryl methyl sites for hydroxylation is 2. The molecule has 164 valence electrons. The predicted molar refractivity (Wildman–Crippen MR) is 159 cm³/mol. The van der Waals surface area contributed by atoms with Crippen molar-refractivity contribution in [3.63, 3.8) is 0 Å². The molecule has 34 heavy (non-hydrogen) atoms. The van der Waals surface area contributed by atoms with Crippen LogP contribution >= 0.6 is 56.7 Å². The van der Waals surface area contributed by atoms with E-state index in [1.165, 1.54) is 80.7 Å². The Morgan fingerprint density at radius 2 is 1.26 bits per heavy atom. The van der Waals surface area contributed by atoms with Crippen molar-refractivity contribution in [3.8, 4) is 10.4 Å². The van der Waals surface area contributed by atoms with Gasteiger partial charge in [-0.3, -0.25) is 0 Å². The van der Waals surface area contributed by atoms with Gasteiger partial charge in [0.1, 0.15) is 0 Å². The van der Waals surface area contributed by atoms with Crippen molar-refractivity contribution in [2.75, 3.05) is 0 Å². The standard InChI is InChI=1S/C29H18S5/c1-14-7-19-9-18(12-22(19)30-14)16-3-5-20-24(10-16)33-29-21-6-4-17(11-25(21)34-28(20)29)23-13-27-26(32-23)8-15(2)31-27/h3-8,10-13H,9H2,1-2H3. The largest absolute Gasteiger partial charge is 0.141 e. The Labute approximate surface area is 217 Å². The SMILES string of the molecule is Cc1cc2c(s1)C=C(c1ccc3c(c1)sc1c4ccc(-c5cc6sc(C)cc6s5)cc4sc31)C2. The molecule has 0 aliphatic heterocycles. The Bertz CT molecular complexity index is 1930. The Hall–Kier alpha value is -2.28. The van der Waals surface area contributed by atoms with E-state index in [2.05, 4.69) is 74.5 Å². The van der Waals surface area contributed by atoms with E-state index in [1.807, 2.05) is 56.7 Å². The molecule has 5 heteroatoms. The minimum atomic E-state index is 1.07. The fourth-order valence-corrected chi connectivity index (χ4v) is 11.2. The zero-order valence-electron chi connectivity index (χ0n) is 18.5. The fourth-order valence-electron chi connectivity index (χ4n) is 5.15. The average Bonchev–Trinajstić information content (AvgIpc) is 3.61. The molecule has 5 aromatic heterocycles. The third-order valence-corrected chi connectivity index (χ3v) is 12.5. The van der Waals surface area contributed by atoms with Crippen molar-refractivity contribution >= 4 is 107 Å². The first-order valence-corrected chi connectivity index (χ1v) is 15.4. The molecule has 0 spiro atoms. The van der Waals surface area contributed by atoms with Crippen LogP contribution in [0.25, 0.3) is 61.1 Å². The van der Waals surface area contributed by atoms with Crippen molar-refractivity contribution in [2.24, 2.45) is 0 Å². The number of rotatable bonds is 2. The summed E-state index contributed by atoms with van der Waals surface area (Å²) in [6, 6.07) is 21.2. The molecule has 0 radical (unpaired) electrons. The van der Waals surface area contributed by atoms with Crippen molar-refractivity contribution < 1.29 is 0 Å². The van der Waals surface area contributed by atoms with Gasteiger partial charge in [-0.25, -0.2) is 0 Å². The van der Waals surface area contributed by atoms with E-state index < -0.39 is 0 Å².